The quantitative estimate of drug-likeness (QED) is 0.230. The summed E-state index contributed by atoms with van der Waals surface area (Å²) in [5.41, 5.74) is 9.75. The van der Waals surface area contributed by atoms with Crippen molar-refractivity contribution in [3.63, 3.8) is 0 Å². The minimum atomic E-state index is 0.378. The summed E-state index contributed by atoms with van der Waals surface area (Å²) in [5, 5.41) is 7.00. The molecular formula is C29H34N6. The Morgan fingerprint density at radius 3 is 2.69 bits per heavy atom. The van der Waals surface area contributed by atoms with Crippen LogP contribution in [0.25, 0.3) is 33.4 Å². The van der Waals surface area contributed by atoms with Crippen molar-refractivity contribution in [2.75, 3.05) is 13.1 Å². The van der Waals surface area contributed by atoms with Crippen LogP contribution in [0.3, 0.4) is 0 Å². The molecule has 180 valence electrons. The zero-order chi connectivity index (χ0) is 24.2. The number of hydrogen-bond donors (Lipinski definition) is 4. The summed E-state index contributed by atoms with van der Waals surface area (Å²) >= 11 is 0. The molecule has 0 saturated carbocycles. The van der Waals surface area contributed by atoms with Gasteiger partial charge in [0.15, 0.2) is 0 Å². The van der Waals surface area contributed by atoms with E-state index in [0.29, 0.717) is 6.04 Å². The SMILES string of the molecule is C#C.CCCNCc1nc2ccc(-c3ccc4c(c3)CCCc3[nH]c([C@@H]5CCCN5)nc3-4)cc2[nH]1. The van der Waals surface area contributed by atoms with E-state index in [2.05, 4.69) is 76.8 Å². The van der Waals surface area contributed by atoms with Gasteiger partial charge < -0.3 is 20.6 Å². The van der Waals surface area contributed by atoms with Gasteiger partial charge in [-0.2, -0.15) is 0 Å². The van der Waals surface area contributed by atoms with Gasteiger partial charge in [-0.3, -0.25) is 0 Å². The molecule has 4 N–H and O–H groups in total. The number of terminal acetylenes is 1. The van der Waals surface area contributed by atoms with E-state index in [-0.39, 0.29) is 0 Å². The molecule has 1 aliphatic carbocycles. The summed E-state index contributed by atoms with van der Waals surface area (Å²) in [6.07, 6.45) is 14.8. The van der Waals surface area contributed by atoms with Gasteiger partial charge >= 0.3 is 0 Å². The highest BCUT2D eigenvalue weighted by Crippen LogP contribution is 2.36. The molecule has 3 heterocycles. The van der Waals surface area contributed by atoms with Crippen LogP contribution in [0.2, 0.25) is 0 Å². The predicted molar refractivity (Wildman–Crippen MR) is 143 cm³/mol. The standard InChI is InChI=1S/C27H32N6.C2H2/c1-2-12-28-16-25-30-21-11-9-18(15-24(21)31-25)17-8-10-20-19(14-17)5-3-6-22-26(20)33-27(32-22)23-7-4-13-29-23;1-2/h8-11,14-15,23,28-29H,2-7,12-13,16H2,1H3,(H,30,31)(H,32,33);1-2H/t23-;/m0./s1. The average molecular weight is 467 g/mol. The van der Waals surface area contributed by atoms with E-state index in [4.69, 9.17) is 9.97 Å². The van der Waals surface area contributed by atoms with Gasteiger partial charge in [-0.15, -0.1) is 12.8 Å². The largest absolute Gasteiger partial charge is 0.344 e. The number of aromatic nitrogens is 4. The number of aromatic amines is 2. The number of rotatable bonds is 6. The Morgan fingerprint density at radius 1 is 1.00 bits per heavy atom. The summed E-state index contributed by atoms with van der Waals surface area (Å²) in [7, 11) is 0. The Kier molecular flexibility index (Phi) is 6.98. The van der Waals surface area contributed by atoms with Crippen molar-refractivity contribution in [1.29, 1.82) is 0 Å². The topological polar surface area (TPSA) is 81.4 Å². The van der Waals surface area contributed by atoms with Gasteiger partial charge in [0.2, 0.25) is 0 Å². The molecule has 4 aromatic rings. The average Bonchev–Trinajstić information content (AvgIpc) is 3.63. The van der Waals surface area contributed by atoms with Gasteiger partial charge in [0.05, 0.1) is 29.3 Å². The van der Waals surface area contributed by atoms with E-state index in [0.717, 1.165) is 73.7 Å². The van der Waals surface area contributed by atoms with Crippen molar-refractivity contribution in [2.45, 2.75) is 58.0 Å². The van der Waals surface area contributed by atoms with E-state index < -0.39 is 0 Å². The van der Waals surface area contributed by atoms with Crippen LogP contribution in [0.4, 0.5) is 0 Å². The summed E-state index contributed by atoms with van der Waals surface area (Å²) < 4.78 is 0. The van der Waals surface area contributed by atoms with Crippen molar-refractivity contribution in [3.05, 3.63) is 59.3 Å². The van der Waals surface area contributed by atoms with Gasteiger partial charge in [0, 0.05) is 11.3 Å². The first-order valence-corrected chi connectivity index (χ1v) is 12.8. The van der Waals surface area contributed by atoms with Gasteiger partial charge in [-0.05, 0) is 80.4 Å². The lowest BCUT2D eigenvalue weighted by Crippen LogP contribution is -2.14. The number of imidazole rings is 2. The second-order valence-electron chi connectivity index (χ2n) is 9.42. The minimum Gasteiger partial charge on any atom is -0.344 e. The molecule has 0 amide bonds. The zero-order valence-electron chi connectivity index (χ0n) is 20.5. The van der Waals surface area contributed by atoms with E-state index >= 15 is 0 Å². The monoisotopic (exact) mass is 466 g/mol. The third-order valence-corrected chi connectivity index (χ3v) is 7.00. The molecular weight excluding hydrogens is 432 g/mol. The smallest absolute Gasteiger partial charge is 0.124 e. The molecule has 2 aromatic heterocycles. The van der Waals surface area contributed by atoms with Crippen LogP contribution in [-0.2, 0) is 19.4 Å². The number of nitrogens with one attached hydrogen (secondary N) is 4. The highest BCUT2D eigenvalue weighted by molar-refractivity contribution is 5.83. The molecule has 1 saturated heterocycles. The Morgan fingerprint density at radius 2 is 1.86 bits per heavy atom. The lowest BCUT2D eigenvalue weighted by molar-refractivity contribution is 0.610. The van der Waals surface area contributed by atoms with Crippen LogP contribution in [0.1, 0.15) is 61.6 Å². The van der Waals surface area contributed by atoms with E-state index in [1.807, 2.05) is 0 Å². The molecule has 6 nitrogen and oxygen atoms in total. The maximum atomic E-state index is 5.07. The molecule has 2 aromatic carbocycles. The summed E-state index contributed by atoms with van der Waals surface area (Å²) in [4.78, 5) is 16.9. The number of hydrogen-bond acceptors (Lipinski definition) is 4. The summed E-state index contributed by atoms with van der Waals surface area (Å²) in [5.74, 6) is 2.11. The first-order chi connectivity index (χ1) is 17.3. The third-order valence-electron chi connectivity index (χ3n) is 7.00. The maximum absolute atomic E-state index is 5.07. The maximum Gasteiger partial charge on any atom is 0.124 e. The van der Waals surface area contributed by atoms with Crippen LogP contribution < -0.4 is 10.6 Å². The van der Waals surface area contributed by atoms with E-state index in [1.165, 1.54) is 40.8 Å². The van der Waals surface area contributed by atoms with Crippen LogP contribution >= 0.6 is 0 Å². The fourth-order valence-electron chi connectivity index (χ4n) is 5.29. The number of fused-ring (bicyclic) bond motifs is 4. The van der Waals surface area contributed by atoms with Gasteiger partial charge in [0.25, 0.3) is 0 Å². The molecule has 1 atom stereocenters. The molecule has 6 rings (SSSR count). The molecule has 0 spiro atoms. The summed E-state index contributed by atoms with van der Waals surface area (Å²) in [6, 6.07) is 13.8. The highest BCUT2D eigenvalue weighted by atomic mass is 15.0. The van der Waals surface area contributed by atoms with E-state index in [9.17, 15) is 0 Å². The Hall–Kier alpha value is -3.40. The number of H-pyrrole nitrogens is 2. The first kappa shape index (κ1) is 23.3. The molecule has 35 heavy (non-hydrogen) atoms. The highest BCUT2D eigenvalue weighted by Gasteiger charge is 2.24. The lowest BCUT2D eigenvalue weighted by Gasteiger charge is -2.10. The fourth-order valence-corrected chi connectivity index (χ4v) is 5.29. The first-order valence-electron chi connectivity index (χ1n) is 12.8. The van der Waals surface area contributed by atoms with Crippen LogP contribution in [0.5, 0.6) is 0 Å². The van der Waals surface area contributed by atoms with Gasteiger partial charge in [0.1, 0.15) is 11.6 Å². The second-order valence-corrected chi connectivity index (χ2v) is 9.42. The molecule has 2 aliphatic rings. The third kappa shape index (κ3) is 4.75. The number of aryl methyl sites for hydroxylation is 2. The lowest BCUT2D eigenvalue weighted by atomic mass is 9.96. The molecule has 0 radical (unpaired) electrons. The number of benzene rings is 2. The Bertz CT molecular complexity index is 1320. The minimum absolute atomic E-state index is 0.378. The Labute approximate surface area is 207 Å². The van der Waals surface area contributed by atoms with Crippen LogP contribution in [0.15, 0.2) is 36.4 Å². The van der Waals surface area contributed by atoms with Crippen molar-refractivity contribution < 1.29 is 0 Å². The molecule has 0 bridgehead atoms. The van der Waals surface area contributed by atoms with Crippen LogP contribution in [0, 0.1) is 12.8 Å². The van der Waals surface area contributed by atoms with Crippen molar-refractivity contribution in [3.8, 4) is 35.2 Å². The van der Waals surface area contributed by atoms with Crippen molar-refractivity contribution in [2.24, 2.45) is 0 Å². The Balaban J connectivity index is 0.00000124. The second kappa shape index (κ2) is 10.5. The molecule has 1 fully saturated rings. The molecule has 1 aliphatic heterocycles. The van der Waals surface area contributed by atoms with E-state index in [1.54, 1.807) is 0 Å². The molecule has 6 heteroatoms. The van der Waals surface area contributed by atoms with Crippen LogP contribution in [-0.4, -0.2) is 33.0 Å². The zero-order valence-corrected chi connectivity index (χ0v) is 20.5. The van der Waals surface area contributed by atoms with Crippen molar-refractivity contribution in [1.82, 2.24) is 30.6 Å². The van der Waals surface area contributed by atoms with Gasteiger partial charge in [-0.25, -0.2) is 9.97 Å². The molecule has 0 unspecified atom stereocenters. The summed E-state index contributed by atoms with van der Waals surface area (Å²) in [6.45, 7) is 5.05. The normalized spacial score (nSPS) is 16.8. The predicted octanol–water partition coefficient (Wildman–Crippen LogP) is 5.28. The fraction of sp³-hybridized carbons (Fsp3) is 0.379. The van der Waals surface area contributed by atoms with Crippen molar-refractivity contribution >= 4 is 11.0 Å². The van der Waals surface area contributed by atoms with Gasteiger partial charge in [-0.1, -0.05) is 31.2 Å². The number of nitrogens with zero attached hydrogens (tertiary/aromatic N) is 2.